The molecule has 5 N–H and O–H groups in total. The van der Waals surface area contributed by atoms with Crippen molar-refractivity contribution in [3.63, 3.8) is 0 Å². The minimum atomic E-state index is -0.676. The van der Waals surface area contributed by atoms with Crippen molar-refractivity contribution in [3.05, 3.63) is 35.4 Å². The van der Waals surface area contributed by atoms with E-state index in [0.717, 1.165) is 0 Å². The maximum atomic E-state index is 13.2. The molecule has 2 amide bonds. The molecule has 8 nitrogen and oxygen atoms in total. The van der Waals surface area contributed by atoms with Crippen molar-refractivity contribution in [2.24, 2.45) is 0 Å². The number of aromatic nitrogens is 3. The van der Waals surface area contributed by atoms with Gasteiger partial charge in [0.05, 0.1) is 12.5 Å². The smallest absolute Gasteiger partial charge is 0.239 e. The summed E-state index contributed by atoms with van der Waals surface area (Å²) >= 11 is 0. The highest BCUT2D eigenvalue weighted by Gasteiger charge is 2.30. The van der Waals surface area contributed by atoms with Crippen LogP contribution >= 0.6 is 0 Å². The lowest BCUT2D eigenvalue weighted by atomic mass is 9.89. The second-order valence-electron chi connectivity index (χ2n) is 4.89. The molecule has 1 atom stereocenters. The highest BCUT2D eigenvalue weighted by Crippen LogP contribution is 2.32. The van der Waals surface area contributed by atoms with Crippen LogP contribution in [0.5, 0.6) is 0 Å². The number of aromatic amines is 1. The van der Waals surface area contributed by atoms with Gasteiger partial charge in [-0.2, -0.15) is 4.98 Å². The van der Waals surface area contributed by atoms with Gasteiger partial charge in [0.15, 0.2) is 0 Å². The molecule has 1 aromatic carbocycles. The number of anilines is 2. The van der Waals surface area contributed by atoms with Crippen LogP contribution in [0.15, 0.2) is 18.2 Å². The molecule has 0 aliphatic carbocycles. The van der Waals surface area contributed by atoms with Crippen LogP contribution in [0.4, 0.5) is 16.0 Å². The molecule has 0 bridgehead atoms. The maximum absolute atomic E-state index is 13.2. The number of hydrogen-bond acceptors (Lipinski definition) is 5. The second kappa shape index (κ2) is 5.43. The lowest BCUT2D eigenvalue weighted by molar-refractivity contribution is -0.126. The quantitative estimate of drug-likeness (QED) is 0.647. The van der Waals surface area contributed by atoms with Crippen LogP contribution in [-0.2, 0) is 16.1 Å². The van der Waals surface area contributed by atoms with Gasteiger partial charge < -0.3 is 16.4 Å². The largest absolute Gasteiger partial charge is 0.367 e. The third-order valence-corrected chi connectivity index (χ3v) is 3.35. The Morgan fingerprint density at radius 1 is 1.50 bits per heavy atom. The third-order valence-electron chi connectivity index (χ3n) is 3.35. The molecule has 1 aliphatic heterocycles. The molecule has 1 aliphatic rings. The SMILES string of the molecule is Nc1n[nH]c(CNC(=O)[C@@H]2CC(=O)Nc3cc(F)ccc32)n1. The Hall–Kier alpha value is -2.97. The first-order valence-corrected chi connectivity index (χ1v) is 6.56. The number of nitrogens with one attached hydrogen (secondary N) is 3. The fraction of sp³-hybridized carbons (Fsp3) is 0.231. The molecule has 1 aromatic heterocycles. The fourth-order valence-electron chi connectivity index (χ4n) is 2.35. The van der Waals surface area contributed by atoms with Crippen molar-refractivity contribution in [2.45, 2.75) is 18.9 Å². The van der Waals surface area contributed by atoms with Gasteiger partial charge in [-0.05, 0) is 17.7 Å². The van der Waals surface area contributed by atoms with E-state index in [4.69, 9.17) is 5.73 Å². The molecule has 3 rings (SSSR count). The van der Waals surface area contributed by atoms with E-state index in [1.807, 2.05) is 0 Å². The molecule has 0 unspecified atom stereocenters. The van der Waals surface area contributed by atoms with Crippen LogP contribution in [0.2, 0.25) is 0 Å². The van der Waals surface area contributed by atoms with Crippen LogP contribution in [0.25, 0.3) is 0 Å². The van der Waals surface area contributed by atoms with Crippen molar-refractivity contribution in [1.29, 1.82) is 0 Å². The van der Waals surface area contributed by atoms with Crippen molar-refractivity contribution in [2.75, 3.05) is 11.1 Å². The third kappa shape index (κ3) is 2.73. The number of nitrogens with two attached hydrogens (primary N) is 1. The molecule has 114 valence electrons. The molecular formula is C13H13FN6O2. The molecule has 9 heteroatoms. The fourth-order valence-corrected chi connectivity index (χ4v) is 2.35. The summed E-state index contributed by atoms with van der Waals surface area (Å²) in [5.74, 6) is -1.34. The first kappa shape index (κ1) is 14.0. The molecule has 0 saturated heterocycles. The lowest BCUT2D eigenvalue weighted by Gasteiger charge is -2.24. The van der Waals surface area contributed by atoms with Crippen molar-refractivity contribution in [1.82, 2.24) is 20.5 Å². The molecule has 0 spiro atoms. The number of nitrogens with zero attached hydrogens (tertiary/aromatic N) is 2. The first-order chi connectivity index (χ1) is 10.5. The lowest BCUT2D eigenvalue weighted by Crippen LogP contribution is -2.35. The number of H-pyrrole nitrogens is 1. The summed E-state index contributed by atoms with van der Waals surface area (Å²) in [5, 5.41) is 11.4. The van der Waals surface area contributed by atoms with Crippen molar-refractivity contribution < 1.29 is 14.0 Å². The normalized spacial score (nSPS) is 16.8. The van der Waals surface area contributed by atoms with Gasteiger partial charge >= 0.3 is 0 Å². The average molecular weight is 304 g/mol. The highest BCUT2D eigenvalue weighted by molar-refractivity contribution is 6.01. The molecular weight excluding hydrogens is 291 g/mol. The zero-order valence-corrected chi connectivity index (χ0v) is 11.4. The van der Waals surface area contributed by atoms with Crippen LogP contribution < -0.4 is 16.4 Å². The van der Waals surface area contributed by atoms with Gasteiger partial charge in [0.25, 0.3) is 0 Å². The van der Waals surface area contributed by atoms with Gasteiger partial charge in [-0.25, -0.2) is 4.39 Å². The number of nitrogen functional groups attached to an aromatic ring is 1. The maximum Gasteiger partial charge on any atom is 0.239 e. The van der Waals surface area contributed by atoms with E-state index in [0.29, 0.717) is 17.1 Å². The van der Waals surface area contributed by atoms with Gasteiger partial charge in [0, 0.05) is 12.1 Å². The Kier molecular flexibility index (Phi) is 3.45. The monoisotopic (exact) mass is 304 g/mol. The number of fused-ring (bicyclic) bond motifs is 1. The summed E-state index contributed by atoms with van der Waals surface area (Å²) in [5.41, 5.74) is 6.27. The van der Waals surface area contributed by atoms with Crippen LogP contribution in [-0.4, -0.2) is 27.0 Å². The number of hydrogen-bond donors (Lipinski definition) is 4. The van der Waals surface area contributed by atoms with E-state index in [1.54, 1.807) is 0 Å². The van der Waals surface area contributed by atoms with E-state index in [2.05, 4.69) is 25.8 Å². The molecule has 2 heterocycles. The highest BCUT2D eigenvalue weighted by atomic mass is 19.1. The minimum Gasteiger partial charge on any atom is -0.367 e. The second-order valence-corrected chi connectivity index (χ2v) is 4.89. The number of amides is 2. The van der Waals surface area contributed by atoms with Gasteiger partial charge in [0.2, 0.25) is 17.8 Å². The Labute approximate surface area is 124 Å². The Balaban J connectivity index is 1.76. The van der Waals surface area contributed by atoms with Crippen LogP contribution in [0.3, 0.4) is 0 Å². The first-order valence-electron chi connectivity index (χ1n) is 6.56. The molecule has 2 aromatic rings. The number of carbonyl (C=O) groups is 2. The van der Waals surface area contributed by atoms with Crippen molar-refractivity contribution in [3.8, 4) is 0 Å². The number of rotatable bonds is 3. The predicted molar refractivity (Wildman–Crippen MR) is 75.0 cm³/mol. The Morgan fingerprint density at radius 2 is 2.32 bits per heavy atom. The van der Waals surface area contributed by atoms with E-state index < -0.39 is 11.7 Å². The summed E-state index contributed by atoms with van der Waals surface area (Å²) in [6.07, 6.45) is 0.00299. The summed E-state index contributed by atoms with van der Waals surface area (Å²) in [4.78, 5) is 27.8. The molecule has 0 radical (unpaired) electrons. The summed E-state index contributed by atoms with van der Waals surface area (Å²) in [7, 11) is 0. The van der Waals surface area contributed by atoms with Gasteiger partial charge in [0.1, 0.15) is 11.6 Å². The van der Waals surface area contributed by atoms with Crippen LogP contribution in [0.1, 0.15) is 23.7 Å². The zero-order chi connectivity index (χ0) is 15.7. The summed E-state index contributed by atoms with van der Waals surface area (Å²) < 4.78 is 13.2. The topological polar surface area (TPSA) is 126 Å². The Bertz CT molecular complexity index is 744. The zero-order valence-electron chi connectivity index (χ0n) is 11.4. The molecule has 0 saturated carbocycles. The van der Waals surface area contributed by atoms with Crippen LogP contribution in [0, 0.1) is 5.82 Å². The average Bonchev–Trinajstić information content (AvgIpc) is 2.89. The molecule has 22 heavy (non-hydrogen) atoms. The predicted octanol–water partition coefficient (Wildman–Crippen LogP) is 0.268. The van der Waals surface area contributed by atoms with Gasteiger partial charge in [-0.3, -0.25) is 14.7 Å². The number of benzene rings is 1. The van der Waals surface area contributed by atoms with Gasteiger partial charge in [-0.1, -0.05) is 6.07 Å². The van der Waals surface area contributed by atoms with E-state index in [-0.39, 0.29) is 30.7 Å². The van der Waals surface area contributed by atoms with Gasteiger partial charge in [-0.15, -0.1) is 5.10 Å². The van der Waals surface area contributed by atoms with E-state index >= 15 is 0 Å². The van der Waals surface area contributed by atoms with E-state index in [9.17, 15) is 14.0 Å². The van der Waals surface area contributed by atoms with Crippen molar-refractivity contribution >= 4 is 23.5 Å². The standard InChI is InChI=1S/C13H13FN6O2/c14-6-1-2-7-8(4-11(21)17-9(7)3-6)12(22)16-5-10-18-13(15)20-19-10/h1-3,8H,4-5H2,(H,16,22)(H,17,21)(H3,15,18,19,20)/t8-/m1/s1. The van der Waals surface area contributed by atoms with E-state index in [1.165, 1.54) is 18.2 Å². The summed E-state index contributed by atoms with van der Waals surface area (Å²) in [6.45, 7) is 0.109. The minimum absolute atomic E-state index is 0.00299. The molecule has 0 fully saturated rings. The number of halogens is 1. The Morgan fingerprint density at radius 3 is 3.05 bits per heavy atom. The summed E-state index contributed by atoms with van der Waals surface area (Å²) in [6, 6.07) is 3.96. The number of carbonyl (C=O) groups excluding carboxylic acids is 2.